The number of amides is 2. The van der Waals surface area contributed by atoms with Crippen LogP contribution in [0.5, 0.6) is 0 Å². The van der Waals surface area contributed by atoms with Crippen LogP contribution in [0.2, 0.25) is 0 Å². The van der Waals surface area contributed by atoms with Crippen molar-refractivity contribution in [2.45, 2.75) is 6.42 Å². The van der Waals surface area contributed by atoms with Gasteiger partial charge >= 0.3 is 12.0 Å². The van der Waals surface area contributed by atoms with Crippen LogP contribution in [0.3, 0.4) is 0 Å². The Labute approximate surface area is 116 Å². The molecule has 0 aliphatic rings. The van der Waals surface area contributed by atoms with E-state index in [4.69, 9.17) is 5.11 Å². The van der Waals surface area contributed by atoms with E-state index in [9.17, 15) is 9.59 Å². The van der Waals surface area contributed by atoms with Crippen LogP contribution in [0.15, 0.2) is 18.3 Å². The number of aromatic nitrogens is 1. The fraction of sp³-hybridized carbons (Fsp3) is 0.417. The summed E-state index contributed by atoms with van der Waals surface area (Å²) in [6.07, 6.45) is 3.32. The third kappa shape index (κ3) is 5.60. The number of carbonyl (C=O) groups is 2. The van der Waals surface area contributed by atoms with E-state index < -0.39 is 5.97 Å². The monoisotopic (exact) mass is 283 g/mol. The lowest BCUT2D eigenvalue weighted by atomic mass is 10.2. The smallest absolute Gasteiger partial charge is 0.321 e. The molecule has 1 aromatic rings. The van der Waals surface area contributed by atoms with Crippen LogP contribution in [0.25, 0.3) is 0 Å². The number of anilines is 1. The number of thioether (sulfide) groups is 1. The van der Waals surface area contributed by atoms with Crippen molar-refractivity contribution in [1.82, 2.24) is 9.88 Å². The van der Waals surface area contributed by atoms with E-state index in [0.717, 1.165) is 5.75 Å². The van der Waals surface area contributed by atoms with Gasteiger partial charge in [-0.3, -0.25) is 9.78 Å². The lowest BCUT2D eigenvalue weighted by Crippen LogP contribution is -2.33. The summed E-state index contributed by atoms with van der Waals surface area (Å²) in [7, 11) is 1.72. The van der Waals surface area contributed by atoms with E-state index in [1.807, 2.05) is 6.26 Å². The van der Waals surface area contributed by atoms with Gasteiger partial charge in [-0.2, -0.15) is 11.8 Å². The van der Waals surface area contributed by atoms with Crippen LogP contribution in [0.4, 0.5) is 10.5 Å². The lowest BCUT2D eigenvalue weighted by Gasteiger charge is -2.17. The third-order valence-corrected chi connectivity index (χ3v) is 2.98. The standard InChI is InChI=1S/C12H17N3O3S/c1-15(5-6-19-2)12(18)14-10-4-3-9(13-8-10)7-11(16)17/h3-4,8H,5-7H2,1-2H3,(H,14,18)(H,16,17). The van der Waals surface area contributed by atoms with Crippen LogP contribution in [-0.2, 0) is 11.2 Å². The number of carboxylic acid groups (broad SMARTS) is 1. The normalized spacial score (nSPS) is 10.0. The highest BCUT2D eigenvalue weighted by molar-refractivity contribution is 7.98. The minimum absolute atomic E-state index is 0.123. The van der Waals surface area contributed by atoms with E-state index in [2.05, 4.69) is 10.3 Å². The molecule has 6 nitrogen and oxygen atoms in total. The second kappa shape index (κ2) is 7.63. The van der Waals surface area contributed by atoms with Crippen molar-refractivity contribution < 1.29 is 14.7 Å². The second-order valence-corrected chi connectivity index (χ2v) is 4.94. The molecule has 104 valence electrons. The zero-order valence-corrected chi connectivity index (χ0v) is 11.7. The molecule has 7 heteroatoms. The quantitative estimate of drug-likeness (QED) is 0.827. The van der Waals surface area contributed by atoms with Gasteiger partial charge in [-0.25, -0.2) is 4.79 Å². The molecule has 0 spiro atoms. The van der Waals surface area contributed by atoms with Crippen molar-refractivity contribution in [3.63, 3.8) is 0 Å². The number of rotatable bonds is 6. The average Bonchev–Trinajstić information content (AvgIpc) is 2.37. The van der Waals surface area contributed by atoms with Gasteiger partial charge in [-0.1, -0.05) is 0 Å². The molecule has 0 aliphatic heterocycles. The van der Waals surface area contributed by atoms with Gasteiger partial charge in [-0.05, 0) is 18.4 Å². The molecule has 0 aromatic carbocycles. The van der Waals surface area contributed by atoms with E-state index in [1.165, 1.54) is 6.20 Å². The zero-order chi connectivity index (χ0) is 14.3. The van der Waals surface area contributed by atoms with Crippen molar-refractivity contribution in [2.75, 3.05) is 30.9 Å². The summed E-state index contributed by atoms with van der Waals surface area (Å²) in [6.45, 7) is 0.664. The highest BCUT2D eigenvalue weighted by Gasteiger charge is 2.08. The Bertz CT molecular complexity index is 436. The van der Waals surface area contributed by atoms with Gasteiger partial charge in [0, 0.05) is 19.3 Å². The van der Waals surface area contributed by atoms with Crippen molar-refractivity contribution in [3.8, 4) is 0 Å². The first-order chi connectivity index (χ1) is 9.02. The maximum atomic E-state index is 11.8. The first-order valence-electron chi connectivity index (χ1n) is 5.70. The topological polar surface area (TPSA) is 82.5 Å². The largest absolute Gasteiger partial charge is 0.481 e. The van der Waals surface area contributed by atoms with Gasteiger partial charge in [-0.15, -0.1) is 0 Å². The summed E-state index contributed by atoms with van der Waals surface area (Å²) in [5.74, 6) is -0.0548. The molecule has 19 heavy (non-hydrogen) atoms. The molecule has 0 aliphatic carbocycles. The Hall–Kier alpha value is -1.76. The Morgan fingerprint density at radius 1 is 1.47 bits per heavy atom. The summed E-state index contributed by atoms with van der Waals surface area (Å²) >= 11 is 1.67. The predicted octanol–water partition coefficient (Wildman–Crippen LogP) is 1.54. The van der Waals surface area contributed by atoms with Gasteiger partial charge in [0.1, 0.15) is 0 Å². The van der Waals surface area contributed by atoms with Gasteiger partial charge in [0.25, 0.3) is 0 Å². The Kier molecular flexibility index (Phi) is 6.14. The maximum Gasteiger partial charge on any atom is 0.321 e. The van der Waals surface area contributed by atoms with Gasteiger partial charge in [0.15, 0.2) is 0 Å². The number of nitrogens with zero attached hydrogens (tertiary/aromatic N) is 2. The van der Waals surface area contributed by atoms with E-state index >= 15 is 0 Å². The molecule has 0 radical (unpaired) electrons. The number of hydrogen-bond donors (Lipinski definition) is 2. The van der Waals surface area contributed by atoms with Gasteiger partial charge < -0.3 is 15.3 Å². The van der Waals surface area contributed by atoms with Gasteiger partial charge in [0.05, 0.1) is 24.0 Å². The van der Waals surface area contributed by atoms with Crippen LogP contribution >= 0.6 is 11.8 Å². The van der Waals surface area contributed by atoms with E-state index in [-0.39, 0.29) is 12.5 Å². The minimum atomic E-state index is -0.930. The second-order valence-electron chi connectivity index (χ2n) is 3.95. The fourth-order valence-electron chi connectivity index (χ4n) is 1.31. The predicted molar refractivity (Wildman–Crippen MR) is 75.6 cm³/mol. The minimum Gasteiger partial charge on any atom is -0.481 e. The van der Waals surface area contributed by atoms with Crippen molar-refractivity contribution in [2.24, 2.45) is 0 Å². The molecular weight excluding hydrogens is 266 g/mol. The summed E-state index contributed by atoms with van der Waals surface area (Å²) in [5, 5.41) is 11.3. The first-order valence-corrected chi connectivity index (χ1v) is 7.10. The Morgan fingerprint density at radius 3 is 2.74 bits per heavy atom. The average molecular weight is 283 g/mol. The summed E-state index contributed by atoms with van der Waals surface area (Å²) in [5.41, 5.74) is 1.01. The maximum absolute atomic E-state index is 11.8. The molecule has 0 atom stereocenters. The van der Waals surface area contributed by atoms with Crippen molar-refractivity contribution in [1.29, 1.82) is 0 Å². The Balaban J connectivity index is 2.52. The molecule has 0 bridgehead atoms. The van der Waals surface area contributed by atoms with Crippen LogP contribution in [0.1, 0.15) is 5.69 Å². The molecule has 1 aromatic heterocycles. The number of hydrogen-bond acceptors (Lipinski definition) is 4. The first kappa shape index (κ1) is 15.3. The molecule has 1 rings (SSSR count). The lowest BCUT2D eigenvalue weighted by molar-refractivity contribution is -0.136. The highest BCUT2D eigenvalue weighted by atomic mass is 32.2. The Morgan fingerprint density at radius 2 is 2.21 bits per heavy atom. The van der Waals surface area contributed by atoms with E-state index in [0.29, 0.717) is 17.9 Å². The van der Waals surface area contributed by atoms with Crippen molar-refractivity contribution in [3.05, 3.63) is 24.0 Å². The zero-order valence-electron chi connectivity index (χ0n) is 10.9. The number of aliphatic carboxylic acids is 1. The molecule has 0 fully saturated rings. The number of carbonyl (C=O) groups excluding carboxylic acids is 1. The SMILES string of the molecule is CSCCN(C)C(=O)Nc1ccc(CC(=O)O)nc1. The number of carboxylic acids is 1. The molecule has 1 heterocycles. The molecule has 2 N–H and O–H groups in total. The molecule has 2 amide bonds. The third-order valence-electron chi connectivity index (χ3n) is 2.39. The highest BCUT2D eigenvalue weighted by Crippen LogP contribution is 2.08. The van der Waals surface area contributed by atoms with Crippen LogP contribution in [0, 0.1) is 0 Å². The van der Waals surface area contributed by atoms with Crippen LogP contribution < -0.4 is 5.32 Å². The number of nitrogens with one attached hydrogen (secondary N) is 1. The number of pyridine rings is 1. The summed E-state index contributed by atoms with van der Waals surface area (Å²) < 4.78 is 0. The summed E-state index contributed by atoms with van der Waals surface area (Å²) in [4.78, 5) is 27.8. The number of urea groups is 1. The van der Waals surface area contributed by atoms with E-state index in [1.54, 1.807) is 35.8 Å². The van der Waals surface area contributed by atoms with Crippen LogP contribution in [-0.4, -0.2) is 52.6 Å². The van der Waals surface area contributed by atoms with Gasteiger partial charge in [0.2, 0.25) is 0 Å². The van der Waals surface area contributed by atoms with Crippen molar-refractivity contribution >= 4 is 29.4 Å². The molecule has 0 unspecified atom stereocenters. The summed E-state index contributed by atoms with van der Waals surface area (Å²) in [6, 6.07) is 3.03. The molecular formula is C12H17N3O3S. The fourth-order valence-corrected chi connectivity index (χ4v) is 1.76. The molecule has 0 saturated carbocycles. The molecule has 0 saturated heterocycles.